The molecule has 5 heteroatoms. The van der Waals surface area contributed by atoms with E-state index in [0.717, 1.165) is 18.7 Å². The fourth-order valence-electron chi connectivity index (χ4n) is 3.34. The minimum atomic E-state index is -0.894. The molecule has 0 aliphatic carbocycles. The first-order valence-electron chi connectivity index (χ1n) is 8.84. The van der Waals surface area contributed by atoms with Crippen molar-refractivity contribution in [1.29, 1.82) is 0 Å². The third-order valence-electron chi connectivity index (χ3n) is 5.08. The highest BCUT2D eigenvalue weighted by atomic mass is 16.3. The number of aliphatic hydroxyl groups is 1. The van der Waals surface area contributed by atoms with E-state index in [4.69, 9.17) is 4.42 Å². The number of piperazine rings is 1. The Bertz CT molecular complexity index is 676. The molecule has 1 N–H and O–H groups in total. The van der Waals surface area contributed by atoms with Crippen LogP contribution < -0.4 is 0 Å². The predicted molar refractivity (Wildman–Crippen MR) is 96.2 cm³/mol. The average molecular weight is 342 g/mol. The van der Waals surface area contributed by atoms with Crippen LogP contribution in [0.25, 0.3) is 0 Å². The second kappa shape index (κ2) is 7.42. The fraction of sp³-hybridized carbons (Fsp3) is 0.450. The van der Waals surface area contributed by atoms with Crippen LogP contribution in [0.15, 0.2) is 53.1 Å². The quantitative estimate of drug-likeness (QED) is 0.907. The maximum Gasteiger partial charge on any atom is 0.289 e. The lowest BCUT2D eigenvalue weighted by atomic mass is 9.82. The maximum atomic E-state index is 12.3. The van der Waals surface area contributed by atoms with Crippen LogP contribution >= 0.6 is 0 Å². The monoisotopic (exact) mass is 342 g/mol. The first kappa shape index (κ1) is 17.7. The SMILES string of the molecule is CC(C)[C@@](O)(CN1CCN(C(=O)c2ccco2)CC1)c1ccccc1. The molecule has 1 fully saturated rings. The van der Waals surface area contributed by atoms with Crippen molar-refractivity contribution in [1.82, 2.24) is 9.80 Å². The van der Waals surface area contributed by atoms with Crippen LogP contribution in [0.1, 0.15) is 30.0 Å². The Morgan fingerprint density at radius 1 is 1.12 bits per heavy atom. The molecule has 1 saturated heterocycles. The first-order chi connectivity index (χ1) is 12.0. The molecule has 134 valence electrons. The standard InChI is InChI=1S/C20H26N2O3/c1-16(2)20(24,17-7-4-3-5-8-17)15-21-10-12-22(13-11-21)19(23)18-9-6-14-25-18/h3-9,14,16,24H,10-13,15H2,1-2H3/t20-/m0/s1. The number of amides is 1. The number of rotatable bonds is 5. The molecule has 1 aliphatic rings. The molecular weight excluding hydrogens is 316 g/mol. The Hall–Kier alpha value is -2.11. The van der Waals surface area contributed by atoms with Crippen molar-refractivity contribution in [2.75, 3.05) is 32.7 Å². The number of carbonyl (C=O) groups is 1. The summed E-state index contributed by atoms with van der Waals surface area (Å²) in [7, 11) is 0. The largest absolute Gasteiger partial charge is 0.459 e. The second-order valence-corrected chi connectivity index (χ2v) is 6.99. The van der Waals surface area contributed by atoms with Gasteiger partial charge in [-0.05, 0) is 23.6 Å². The van der Waals surface area contributed by atoms with E-state index in [-0.39, 0.29) is 11.8 Å². The van der Waals surface area contributed by atoms with E-state index < -0.39 is 5.60 Å². The second-order valence-electron chi connectivity index (χ2n) is 6.99. The summed E-state index contributed by atoms with van der Waals surface area (Å²) in [6, 6.07) is 13.3. The Kier molecular flexibility index (Phi) is 5.25. The van der Waals surface area contributed by atoms with Crippen molar-refractivity contribution in [3.05, 3.63) is 60.1 Å². The molecular formula is C20H26N2O3. The van der Waals surface area contributed by atoms with Gasteiger partial charge >= 0.3 is 0 Å². The third kappa shape index (κ3) is 3.78. The Morgan fingerprint density at radius 3 is 2.36 bits per heavy atom. The van der Waals surface area contributed by atoms with Crippen LogP contribution in [0.3, 0.4) is 0 Å². The normalized spacial score (nSPS) is 18.3. The van der Waals surface area contributed by atoms with Gasteiger partial charge < -0.3 is 14.4 Å². The molecule has 0 radical (unpaired) electrons. The molecule has 3 rings (SSSR count). The smallest absolute Gasteiger partial charge is 0.289 e. The Morgan fingerprint density at radius 2 is 1.80 bits per heavy atom. The zero-order chi connectivity index (χ0) is 17.9. The number of furan rings is 1. The van der Waals surface area contributed by atoms with Crippen molar-refractivity contribution in [2.24, 2.45) is 5.92 Å². The summed E-state index contributed by atoms with van der Waals surface area (Å²) in [5.41, 5.74) is 0.0492. The topological polar surface area (TPSA) is 56.9 Å². The molecule has 2 heterocycles. The van der Waals surface area contributed by atoms with E-state index in [1.54, 1.807) is 12.1 Å². The number of benzene rings is 1. The lowest BCUT2D eigenvalue weighted by molar-refractivity contribution is -0.0476. The highest BCUT2D eigenvalue weighted by Crippen LogP contribution is 2.31. The van der Waals surface area contributed by atoms with E-state index in [9.17, 15) is 9.90 Å². The third-order valence-corrected chi connectivity index (χ3v) is 5.08. The Labute approximate surface area is 148 Å². The summed E-state index contributed by atoms with van der Waals surface area (Å²) in [6.45, 7) is 7.43. The fourth-order valence-corrected chi connectivity index (χ4v) is 3.34. The van der Waals surface area contributed by atoms with Crippen molar-refractivity contribution in [3.63, 3.8) is 0 Å². The molecule has 0 saturated carbocycles. The van der Waals surface area contributed by atoms with Gasteiger partial charge in [0.15, 0.2) is 5.76 Å². The zero-order valence-corrected chi connectivity index (χ0v) is 14.9. The van der Waals surface area contributed by atoms with E-state index in [0.29, 0.717) is 25.4 Å². The predicted octanol–water partition coefficient (Wildman–Crippen LogP) is 2.58. The van der Waals surface area contributed by atoms with Crippen LogP contribution in [0.5, 0.6) is 0 Å². The molecule has 1 atom stereocenters. The molecule has 1 aromatic heterocycles. The molecule has 0 bridgehead atoms. The summed E-state index contributed by atoms with van der Waals surface area (Å²) < 4.78 is 5.20. The summed E-state index contributed by atoms with van der Waals surface area (Å²) in [6.07, 6.45) is 1.52. The summed E-state index contributed by atoms with van der Waals surface area (Å²) >= 11 is 0. The highest BCUT2D eigenvalue weighted by molar-refractivity contribution is 5.91. The van der Waals surface area contributed by atoms with Gasteiger partial charge in [0.1, 0.15) is 5.60 Å². The van der Waals surface area contributed by atoms with Gasteiger partial charge in [-0.1, -0.05) is 44.2 Å². The van der Waals surface area contributed by atoms with Gasteiger partial charge in [0, 0.05) is 32.7 Å². The average Bonchev–Trinajstić information content (AvgIpc) is 3.17. The number of carbonyl (C=O) groups excluding carboxylic acids is 1. The van der Waals surface area contributed by atoms with Crippen LogP contribution in [0, 0.1) is 5.92 Å². The Balaban J connectivity index is 1.63. The van der Waals surface area contributed by atoms with E-state index in [1.165, 1.54) is 6.26 Å². The molecule has 0 unspecified atom stereocenters. The lowest BCUT2D eigenvalue weighted by Crippen LogP contribution is -2.53. The van der Waals surface area contributed by atoms with Gasteiger partial charge in [0.25, 0.3) is 5.91 Å². The lowest BCUT2D eigenvalue weighted by Gasteiger charge is -2.41. The van der Waals surface area contributed by atoms with Gasteiger partial charge in [-0.15, -0.1) is 0 Å². The van der Waals surface area contributed by atoms with Gasteiger partial charge in [0.2, 0.25) is 0 Å². The van der Waals surface area contributed by atoms with E-state index >= 15 is 0 Å². The molecule has 1 aliphatic heterocycles. The van der Waals surface area contributed by atoms with Crippen molar-refractivity contribution in [2.45, 2.75) is 19.4 Å². The zero-order valence-electron chi connectivity index (χ0n) is 14.9. The van der Waals surface area contributed by atoms with Gasteiger partial charge in [-0.2, -0.15) is 0 Å². The van der Waals surface area contributed by atoms with Crippen molar-refractivity contribution >= 4 is 5.91 Å². The van der Waals surface area contributed by atoms with Crippen LogP contribution in [0.2, 0.25) is 0 Å². The minimum Gasteiger partial charge on any atom is -0.459 e. The molecule has 25 heavy (non-hydrogen) atoms. The maximum absolute atomic E-state index is 12.3. The molecule has 1 aromatic carbocycles. The van der Waals surface area contributed by atoms with Crippen molar-refractivity contribution < 1.29 is 14.3 Å². The van der Waals surface area contributed by atoms with E-state index in [2.05, 4.69) is 4.90 Å². The molecule has 1 amide bonds. The summed E-state index contributed by atoms with van der Waals surface area (Å²) in [5.74, 6) is 0.418. The molecule has 5 nitrogen and oxygen atoms in total. The van der Waals surface area contributed by atoms with Crippen LogP contribution in [0.4, 0.5) is 0 Å². The van der Waals surface area contributed by atoms with Gasteiger partial charge in [-0.3, -0.25) is 9.69 Å². The number of hydrogen-bond donors (Lipinski definition) is 1. The molecule has 0 spiro atoms. The number of hydrogen-bond acceptors (Lipinski definition) is 4. The van der Waals surface area contributed by atoms with Crippen molar-refractivity contribution in [3.8, 4) is 0 Å². The number of nitrogens with zero attached hydrogens (tertiary/aromatic N) is 2. The molecule has 2 aromatic rings. The van der Waals surface area contributed by atoms with Crippen LogP contribution in [-0.4, -0.2) is 53.5 Å². The first-order valence-corrected chi connectivity index (χ1v) is 8.84. The van der Waals surface area contributed by atoms with E-state index in [1.807, 2.05) is 49.1 Å². The highest BCUT2D eigenvalue weighted by Gasteiger charge is 2.36. The summed E-state index contributed by atoms with van der Waals surface area (Å²) in [4.78, 5) is 16.4. The summed E-state index contributed by atoms with van der Waals surface area (Å²) in [5, 5.41) is 11.3. The number of β-amino-alcohol motifs (C(OH)–C–C–N with tert-alkyl or cyclic N) is 1. The van der Waals surface area contributed by atoms with Crippen LogP contribution in [-0.2, 0) is 5.60 Å². The van der Waals surface area contributed by atoms with Gasteiger partial charge in [-0.25, -0.2) is 0 Å². The minimum absolute atomic E-state index is 0.0631. The van der Waals surface area contributed by atoms with Gasteiger partial charge in [0.05, 0.1) is 6.26 Å².